The van der Waals surface area contributed by atoms with E-state index in [1.807, 2.05) is 0 Å². The minimum Gasteiger partial charge on any atom is -0.493 e. The van der Waals surface area contributed by atoms with Crippen LogP contribution >= 0.6 is 0 Å². The normalized spacial score (nSPS) is 14.4. The average Bonchev–Trinajstić information content (AvgIpc) is 2.74. The third kappa shape index (κ3) is 3.46. The van der Waals surface area contributed by atoms with E-state index < -0.39 is 12.5 Å². The molecule has 2 aromatic carbocycles. The van der Waals surface area contributed by atoms with Gasteiger partial charge in [0, 0.05) is 29.7 Å². The number of aromatic nitrogens is 2. The van der Waals surface area contributed by atoms with Crippen LogP contribution in [-0.4, -0.2) is 31.3 Å². The highest BCUT2D eigenvalue weighted by atomic mass is 16.5. The van der Waals surface area contributed by atoms with Gasteiger partial charge in [-0.05, 0) is 24.1 Å². The third-order valence-electron chi connectivity index (χ3n) is 3.82. The molecule has 8 heteroatoms. The highest BCUT2D eigenvalue weighted by molar-refractivity contribution is 5.92. The van der Waals surface area contributed by atoms with Gasteiger partial charge >= 0.3 is 0 Å². The molecule has 0 fully saturated rings. The smallest absolute Gasteiger partial charge is 0.222 e. The lowest BCUT2D eigenvalue weighted by molar-refractivity contribution is 0.324. The summed E-state index contributed by atoms with van der Waals surface area (Å²) in [6.45, 7) is -1.02. The van der Waals surface area contributed by atoms with Crippen LogP contribution in [0.5, 0.6) is 17.2 Å². The summed E-state index contributed by atoms with van der Waals surface area (Å²) in [5.41, 5.74) is 11.3. The Kier molecular flexibility index (Phi) is 3.32. The molecule has 0 unspecified atom stereocenters. The molecule has 0 aliphatic heterocycles. The number of nitrogen functional groups attached to an aromatic ring is 2. The van der Waals surface area contributed by atoms with Gasteiger partial charge in [-0.2, -0.15) is 4.98 Å². The van der Waals surface area contributed by atoms with Crippen molar-refractivity contribution in [1.29, 1.82) is 0 Å². The fraction of sp³-hybridized carbons (Fsp3) is 0.263. The fourth-order valence-corrected chi connectivity index (χ4v) is 2.56. The molecule has 0 saturated heterocycles. The van der Waals surface area contributed by atoms with E-state index in [0.29, 0.717) is 0 Å². The fourth-order valence-electron chi connectivity index (χ4n) is 2.56. The second-order valence-corrected chi connectivity index (χ2v) is 5.42. The monoisotopic (exact) mass is 375 g/mol. The number of nitrogens with zero attached hydrogens (tertiary/aromatic N) is 2. The van der Waals surface area contributed by atoms with Gasteiger partial charge in [-0.1, -0.05) is 6.04 Å². The lowest BCUT2D eigenvalue weighted by atomic mass is 10.0. The predicted octanol–water partition coefficient (Wildman–Crippen LogP) is 2.74. The number of nitrogens with one attached hydrogen (secondary N) is 1. The van der Waals surface area contributed by atoms with Crippen LogP contribution in [-0.2, 0) is 6.50 Å². The van der Waals surface area contributed by atoms with Gasteiger partial charge in [-0.25, -0.2) is 4.98 Å². The molecule has 5 N–H and O–H groups in total. The van der Waals surface area contributed by atoms with Crippen molar-refractivity contribution in [1.82, 2.24) is 9.97 Å². The largest absolute Gasteiger partial charge is 0.493 e. The number of hydrogen-bond acceptors (Lipinski definition) is 8. The van der Waals surface area contributed by atoms with Crippen molar-refractivity contribution in [3.63, 3.8) is 0 Å². The zero-order valence-electron chi connectivity index (χ0n) is 21.3. The number of rotatable bonds is 6. The molecule has 0 spiro atoms. The average molecular weight is 375 g/mol. The lowest BCUT2D eigenvalue weighted by Crippen LogP contribution is -2.06. The molecular weight excluding hydrogens is 346 g/mol. The van der Waals surface area contributed by atoms with E-state index in [4.69, 9.17) is 33.9 Å². The highest BCUT2D eigenvalue weighted by Crippen LogP contribution is 2.40. The van der Waals surface area contributed by atoms with E-state index in [-0.39, 0.29) is 74.9 Å². The van der Waals surface area contributed by atoms with E-state index in [1.54, 1.807) is 0 Å². The Morgan fingerprint density at radius 1 is 1.07 bits per heavy atom. The molecule has 3 rings (SSSR count). The molecule has 0 saturated carbocycles. The Morgan fingerprint density at radius 2 is 1.74 bits per heavy atom. The van der Waals surface area contributed by atoms with Gasteiger partial charge in [0.2, 0.25) is 11.7 Å². The van der Waals surface area contributed by atoms with Crippen molar-refractivity contribution in [3.05, 3.63) is 35.3 Å². The number of methoxy groups -OCH3 is 3. The summed E-state index contributed by atoms with van der Waals surface area (Å²) in [6, 6.07) is -1.55. The summed E-state index contributed by atoms with van der Waals surface area (Å²) in [5, 5.41) is 2.70. The molecule has 0 amide bonds. The summed E-state index contributed by atoms with van der Waals surface area (Å²) >= 11 is 0. The molecule has 1 aromatic heterocycles. The summed E-state index contributed by atoms with van der Waals surface area (Å²) in [5.74, 6) is -0.356. The van der Waals surface area contributed by atoms with E-state index in [1.165, 1.54) is 28.3 Å². The van der Waals surface area contributed by atoms with Gasteiger partial charge in [0.1, 0.15) is 5.82 Å². The Labute approximate surface area is 165 Å². The maximum Gasteiger partial charge on any atom is 0.222 e. The molecule has 1 heterocycles. The van der Waals surface area contributed by atoms with Crippen molar-refractivity contribution >= 4 is 28.4 Å². The summed E-state index contributed by atoms with van der Waals surface area (Å²) in [7, 11) is 3.92. The first kappa shape index (κ1) is 12.1. The van der Waals surface area contributed by atoms with Gasteiger partial charge in [-0.15, -0.1) is 0 Å². The Bertz CT molecular complexity index is 1240. The number of aryl methyl sites for hydroxylation is 1. The summed E-state index contributed by atoms with van der Waals surface area (Å²) in [4.78, 5) is 7.87. The molecule has 0 radical (unpaired) electrons. The van der Waals surface area contributed by atoms with Crippen LogP contribution in [0.2, 0.25) is 0 Å². The van der Waals surface area contributed by atoms with Crippen LogP contribution in [0.3, 0.4) is 0 Å². The summed E-state index contributed by atoms with van der Waals surface area (Å²) < 4.78 is 66.7. The maximum absolute atomic E-state index is 8.68. The van der Waals surface area contributed by atoms with Crippen LogP contribution in [0, 0.1) is 6.92 Å². The number of benzene rings is 2. The van der Waals surface area contributed by atoms with Crippen LogP contribution < -0.4 is 31.0 Å². The molecule has 0 aliphatic rings. The third-order valence-corrected chi connectivity index (χ3v) is 3.82. The second kappa shape index (κ2) is 7.45. The number of anilines is 3. The molecule has 0 atom stereocenters. The minimum atomic E-state index is -2.53. The van der Waals surface area contributed by atoms with Gasteiger partial charge in [-0.3, -0.25) is 0 Å². The van der Waals surface area contributed by atoms with Crippen molar-refractivity contribution in [2.75, 3.05) is 38.1 Å². The zero-order chi connectivity index (χ0) is 24.8. The van der Waals surface area contributed by atoms with Crippen LogP contribution in [0.1, 0.15) is 19.4 Å². The van der Waals surface area contributed by atoms with Crippen molar-refractivity contribution in [2.24, 2.45) is 0 Å². The van der Waals surface area contributed by atoms with Crippen molar-refractivity contribution in [3.8, 4) is 17.2 Å². The summed E-state index contributed by atoms with van der Waals surface area (Å²) in [6.07, 6.45) is 0. The molecule has 0 bridgehead atoms. The van der Waals surface area contributed by atoms with Crippen LogP contribution in [0.4, 0.5) is 17.5 Å². The number of ether oxygens (including phenoxy) is 3. The van der Waals surface area contributed by atoms with Gasteiger partial charge in [0.15, 0.2) is 11.5 Å². The van der Waals surface area contributed by atoms with E-state index in [0.717, 1.165) is 0 Å². The number of nitrogens with two attached hydrogens (primary N) is 2. The molecule has 142 valence electrons. The Balaban J connectivity index is 2.29. The molecule has 8 nitrogen and oxygen atoms in total. The molecular formula is C19H23N5O3. The number of fused-ring (bicyclic) bond motifs is 1. The maximum atomic E-state index is 8.68. The number of hydrogen-bond donors (Lipinski definition) is 3. The van der Waals surface area contributed by atoms with E-state index in [9.17, 15) is 0 Å². The second-order valence-electron chi connectivity index (χ2n) is 5.42. The first-order valence-corrected chi connectivity index (χ1v) is 7.81. The van der Waals surface area contributed by atoms with Crippen molar-refractivity contribution in [2.45, 2.75) is 13.4 Å². The lowest BCUT2D eigenvalue weighted by Gasteiger charge is -2.16. The minimum absolute atomic E-state index is 0.0140. The molecule has 3 aromatic rings. The van der Waals surface area contributed by atoms with Crippen molar-refractivity contribution < 1.29 is 22.4 Å². The zero-order valence-corrected chi connectivity index (χ0v) is 15.3. The van der Waals surface area contributed by atoms with Gasteiger partial charge in [0.25, 0.3) is 0 Å². The van der Waals surface area contributed by atoms with Gasteiger partial charge in [0.05, 0.1) is 35.1 Å². The van der Waals surface area contributed by atoms with E-state index >= 15 is 0 Å². The van der Waals surface area contributed by atoms with E-state index in [2.05, 4.69) is 15.3 Å². The predicted molar refractivity (Wildman–Crippen MR) is 107 cm³/mol. The van der Waals surface area contributed by atoms with Crippen LogP contribution in [0.15, 0.2) is 24.2 Å². The Morgan fingerprint density at radius 3 is 2.33 bits per heavy atom. The van der Waals surface area contributed by atoms with Gasteiger partial charge < -0.3 is 31.0 Å². The Hall–Kier alpha value is -3.42. The van der Waals surface area contributed by atoms with Crippen LogP contribution in [0.25, 0.3) is 10.9 Å². The SMILES string of the molecule is [2H]c1c(NC([2H])([2H])c2c([2H])c([2H])c3nc(N)nc(N)c3c2C)c([2H])c(OC)c(OC)c1OC. The first-order chi connectivity index (χ1) is 15.4. The first-order valence-electron chi connectivity index (χ1n) is 10.8. The molecule has 0 aliphatic carbocycles. The standard InChI is InChI=1S/C19H23N5O3/c1-10-11(5-6-13-16(10)18(20)24-19(21)23-13)9-22-12-7-14(25-2)17(27-4)15(8-12)26-3/h5-8,22H,9H2,1-4H3,(H4,20,21,23,24)/i5D,6D,7D,8D,9D2. The highest BCUT2D eigenvalue weighted by Gasteiger charge is 2.14. The molecule has 27 heavy (non-hydrogen) atoms. The topological polar surface area (TPSA) is 118 Å². The quantitative estimate of drug-likeness (QED) is 0.602.